The molecule has 2 heterocycles. The van der Waals surface area contributed by atoms with Crippen LogP contribution >= 0.6 is 0 Å². The molecule has 6 nitrogen and oxygen atoms in total. The maximum atomic E-state index is 10.8. The van der Waals surface area contributed by atoms with Crippen LogP contribution < -0.4 is 5.73 Å². The zero-order chi connectivity index (χ0) is 12.4. The van der Waals surface area contributed by atoms with Crippen LogP contribution in [-0.2, 0) is 29.0 Å². The van der Waals surface area contributed by atoms with E-state index < -0.39 is 11.9 Å². The fraction of sp³-hybridized carbons (Fsp3) is 0.545. The minimum absolute atomic E-state index is 0.285. The van der Waals surface area contributed by atoms with Crippen LogP contribution in [0.3, 0.4) is 0 Å². The van der Waals surface area contributed by atoms with E-state index in [1.807, 2.05) is 0 Å². The number of aromatic nitrogens is 2. The Morgan fingerprint density at radius 1 is 1.59 bits per heavy atom. The van der Waals surface area contributed by atoms with Gasteiger partial charge >= 0.3 is 5.97 Å². The highest BCUT2D eigenvalue weighted by Crippen LogP contribution is 2.20. The topological polar surface area (TPSA) is 98.3 Å². The SMILES string of the molecule is CC(Cc1nc(N)c2c(n1)COCC2)C(=O)O. The van der Waals surface area contributed by atoms with Crippen LogP contribution in [0.2, 0.25) is 0 Å². The molecule has 0 bridgehead atoms. The number of fused-ring (bicyclic) bond motifs is 1. The zero-order valence-electron chi connectivity index (χ0n) is 9.64. The molecule has 3 N–H and O–H groups in total. The second-order valence-corrected chi connectivity index (χ2v) is 4.20. The van der Waals surface area contributed by atoms with E-state index in [-0.39, 0.29) is 6.42 Å². The van der Waals surface area contributed by atoms with Crippen molar-refractivity contribution in [1.29, 1.82) is 0 Å². The van der Waals surface area contributed by atoms with Gasteiger partial charge in [-0.2, -0.15) is 0 Å². The van der Waals surface area contributed by atoms with Crippen molar-refractivity contribution < 1.29 is 14.6 Å². The molecule has 0 amide bonds. The minimum Gasteiger partial charge on any atom is -0.481 e. The third-order valence-electron chi connectivity index (χ3n) is 2.82. The average molecular weight is 237 g/mol. The molecule has 0 fully saturated rings. The van der Waals surface area contributed by atoms with E-state index in [4.69, 9.17) is 15.6 Å². The van der Waals surface area contributed by atoms with Gasteiger partial charge in [0.25, 0.3) is 0 Å². The van der Waals surface area contributed by atoms with Crippen molar-refractivity contribution in [3.63, 3.8) is 0 Å². The summed E-state index contributed by atoms with van der Waals surface area (Å²) < 4.78 is 5.30. The summed E-state index contributed by atoms with van der Waals surface area (Å²) in [5, 5.41) is 8.84. The van der Waals surface area contributed by atoms with Gasteiger partial charge in [0.1, 0.15) is 11.6 Å². The van der Waals surface area contributed by atoms with Crippen molar-refractivity contribution in [2.24, 2.45) is 5.92 Å². The Morgan fingerprint density at radius 2 is 2.35 bits per heavy atom. The molecule has 0 saturated carbocycles. The lowest BCUT2D eigenvalue weighted by atomic mass is 10.1. The molecule has 6 heteroatoms. The lowest BCUT2D eigenvalue weighted by molar-refractivity contribution is -0.141. The molecule has 0 aliphatic carbocycles. The molecule has 2 rings (SSSR count). The van der Waals surface area contributed by atoms with Crippen molar-refractivity contribution in [2.45, 2.75) is 26.4 Å². The second kappa shape index (κ2) is 4.67. The largest absolute Gasteiger partial charge is 0.481 e. The predicted octanol–water partition coefficient (Wildman–Crippen LogP) is 0.395. The molecule has 0 radical (unpaired) electrons. The molecule has 1 aromatic rings. The van der Waals surface area contributed by atoms with Crippen LogP contribution in [0.1, 0.15) is 24.0 Å². The predicted molar refractivity (Wildman–Crippen MR) is 60.3 cm³/mol. The van der Waals surface area contributed by atoms with E-state index in [2.05, 4.69) is 9.97 Å². The number of hydrogen-bond acceptors (Lipinski definition) is 5. The first-order chi connectivity index (χ1) is 8.08. The van der Waals surface area contributed by atoms with Gasteiger partial charge in [0.15, 0.2) is 0 Å². The van der Waals surface area contributed by atoms with Gasteiger partial charge in [-0.05, 0) is 0 Å². The number of nitrogens with two attached hydrogens (primary N) is 1. The maximum Gasteiger partial charge on any atom is 0.306 e. The maximum absolute atomic E-state index is 10.8. The Balaban J connectivity index is 2.25. The van der Waals surface area contributed by atoms with Gasteiger partial charge < -0.3 is 15.6 Å². The highest BCUT2D eigenvalue weighted by Gasteiger charge is 2.19. The van der Waals surface area contributed by atoms with Gasteiger partial charge in [-0.25, -0.2) is 9.97 Å². The van der Waals surface area contributed by atoms with Gasteiger partial charge in [-0.1, -0.05) is 6.92 Å². The molecule has 17 heavy (non-hydrogen) atoms. The van der Waals surface area contributed by atoms with Crippen molar-refractivity contribution in [1.82, 2.24) is 9.97 Å². The quantitative estimate of drug-likeness (QED) is 0.789. The lowest BCUT2D eigenvalue weighted by Crippen LogP contribution is -2.20. The molecular formula is C11H15N3O3. The van der Waals surface area contributed by atoms with Crippen LogP contribution in [0.5, 0.6) is 0 Å². The Hall–Kier alpha value is -1.69. The Bertz CT molecular complexity index is 448. The van der Waals surface area contributed by atoms with Crippen LogP contribution in [0.25, 0.3) is 0 Å². The number of carboxylic acid groups (broad SMARTS) is 1. The molecule has 1 aromatic heterocycles. The van der Waals surface area contributed by atoms with E-state index >= 15 is 0 Å². The monoisotopic (exact) mass is 237 g/mol. The number of hydrogen-bond donors (Lipinski definition) is 2. The van der Waals surface area contributed by atoms with Gasteiger partial charge in [-0.3, -0.25) is 4.79 Å². The molecular weight excluding hydrogens is 222 g/mol. The van der Waals surface area contributed by atoms with Gasteiger partial charge in [-0.15, -0.1) is 0 Å². The molecule has 1 atom stereocenters. The van der Waals surface area contributed by atoms with Gasteiger partial charge in [0.2, 0.25) is 0 Å². The van der Waals surface area contributed by atoms with Gasteiger partial charge in [0, 0.05) is 18.4 Å². The van der Waals surface area contributed by atoms with E-state index in [9.17, 15) is 4.79 Å². The number of rotatable bonds is 3. The number of ether oxygens (including phenoxy) is 1. The summed E-state index contributed by atoms with van der Waals surface area (Å²) in [7, 11) is 0. The molecule has 0 aromatic carbocycles. The zero-order valence-corrected chi connectivity index (χ0v) is 9.64. The Kier molecular flexibility index (Phi) is 3.23. The molecule has 92 valence electrons. The van der Waals surface area contributed by atoms with Crippen molar-refractivity contribution >= 4 is 11.8 Å². The van der Waals surface area contributed by atoms with E-state index in [1.54, 1.807) is 6.92 Å². The molecule has 0 saturated heterocycles. The summed E-state index contributed by atoms with van der Waals surface area (Å²) in [6, 6.07) is 0. The fourth-order valence-electron chi connectivity index (χ4n) is 1.79. The van der Waals surface area contributed by atoms with E-state index in [0.29, 0.717) is 24.9 Å². The summed E-state index contributed by atoms with van der Waals surface area (Å²) in [6.45, 7) is 2.68. The highest BCUT2D eigenvalue weighted by molar-refractivity contribution is 5.69. The molecule has 0 spiro atoms. The highest BCUT2D eigenvalue weighted by atomic mass is 16.5. The number of aliphatic carboxylic acids is 1. The molecule has 1 aliphatic rings. The van der Waals surface area contributed by atoms with Gasteiger partial charge in [0.05, 0.1) is 24.8 Å². The Morgan fingerprint density at radius 3 is 3.06 bits per heavy atom. The van der Waals surface area contributed by atoms with Crippen molar-refractivity contribution in [3.05, 3.63) is 17.1 Å². The van der Waals surface area contributed by atoms with Crippen molar-refractivity contribution in [2.75, 3.05) is 12.3 Å². The first-order valence-corrected chi connectivity index (χ1v) is 5.52. The normalized spacial score (nSPS) is 16.3. The lowest BCUT2D eigenvalue weighted by Gasteiger charge is -2.18. The fourth-order valence-corrected chi connectivity index (χ4v) is 1.79. The van der Waals surface area contributed by atoms with E-state index in [0.717, 1.165) is 17.7 Å². The first-order valence-electron chi connectivity index (χ1n) is 5.52. The number of anilines is 1. The second-order valence-electron chi connectivity index (χ2n) is 4.20. The van der Waals surface area contributed by atoms with Crippen LogP contribution in [0.4, 0.5) is 5.82 Å². The van der Waals surface area contributed by atoms with Crippen LogP contribution in [0, 0.1) is 5.92 Å². The summed E-state index contributed by atoms with van der Waals surface area (Å²) in [6.07, 6.45) is 1.00. The third kappa shape index (κ3) is 2.52. The number of nitrogen functional groups attached to an aromatic ring is 1. The van der Waals surface area contributed by atoms with Crippen LogP contribution in [0.15, 0.2) is 0 Å². The Labute approximate surface area is 98.8 Å². The van der Waals surface area contributed by atoms with Crippen LogP contribution in [-0.4, -0.2) is 27.7 Å². The molecule has 1 aliphatic heterocycles. The number of carbonyl (C=O) groups is 1. The van der Waals surface area contributed by atoms with E-state index in [1.165, 1.54) is 0 Å². The van der Waals surface area contributed by atoms with Crippen molar-refractivity contribution in [3.8, 4) is 0 Å². The molecule has 1 unspecified atom stereocenters. The number of carboxylic acids is 1. The smallest absolute Gasteiger partial charge is 0.306 e. The summed E-state index contributed by atoms with van der Waals surface area (Å²) in [4.78, 5) is 19.2. The number of nitrogens with zero attached hydrogens (tertiary/aromatic N) is 2. The first kappa shape index (κ1) is 11.8. The summed E-state index contributed by atoms with van der Waals surface area (Å²) in [5.74, 6) is -0.453. The minimum atomic E-state index is -0.860. The summed E-state index contributed by atoms with van der Waals surface area (Å²) >= 11 is 0. The third-order valence-corrected chi connectivity index (χ3v) is 2.82. The standard InChI is InChI=1S/C11H15N3O3/c1-6(11(15)16)4-9-13-8-5-17-3-2-7(8)10(12)14-9/h6H,2-5H2,1H3,(H,15,16)(H2,12,13,14). The average Bonchev–Trinajstić information content (AvgIpc) is 2.29. The summed E-state index contributed by atoms with van der Waals surface area (Å²) in [5.41, 5.74) is 7.56.